The van der Waals surface area contributed by atoms with Gasteiger partial charge in [-0.25, -0.2) is 0 Å². The summed E-state index contributed by atoms with van der Waals surface area (Å²) in [4.78, 5) is 46.4. The van der Waals surface area contributed by atoms with Gasteiger partial charge in [0, 0.05) is 18.3 Å². The molecule has 2 heterocycles. The number of Topliss-reactive ketones (excluding diaryl/α,β-unsaturated/α-hetero) is 2. The van der Waals surface area contributed by atoms with Gasteiger partial charge >= 0.3 is 0 Å². The molecule has 0 radical (unpaired) electrons. The molecule has 0 spiro atoms. The minimum atomic E-state index is -1.06. The first-order valence-corrected chi connectivity index (χ1v) is 9.00. The molecule has 2 aromatic rings. The van der Waals surface area contributed by atoms with Crippen LogP contribution >= 0.6 is 0 Å². The lowest BCUT2D eigenvalue weighted by Gasteiger charge is -2.26. The molecule has 1 aliphatic heterocycles. The number of carbonyl (C=O) groups excluding carboxylic acids is 3. The van der Waals surface area contributed by atoms with Crippen molar-refractivity contribution < 1.29 is 14.4 Å². The van der Waals surface area contributed by atoms with Gasteiger partial charge in [0.2, 0.25) is 5.78 Å². The molecule has 6 nitrogen and oxygen atoms in total. The first-order valence-electron chi connectivity index (χ1n) is 9.00. The lowest BCUT2D eigenvalue weighted by Crippen LogP contribution is -2.33. The lowest BCUT2D eigenvalue weighted by atomic mass is 9.88. The lowest BCUT2D eigenvalue weighted by molar-refractivity contribution is -0.140. The van der Waals surface area contributed by atoms with Crippen LogP contribution in [0.2, 0.25) is 0 Å². The Kier molecular flexibility index (Phi) is 5.76. The molecule has 140 valence electrons. The monoisotopic (exact) mass is 365 g/mol. The Bertz CT molecular complexity index is 821. The maximum Gasteiger partial charge on any atom is 0.291 e. The molecular formula is C21H23N3O3. The zero-order chi connectivity index (χ0) is 19.4. The molecule has 27 heavy (non-hydrogen) atoms. The average molecular weight is 365 g/mol. The van der Waals surface area contributed by atoms with Crippen molar-refractivity contribution in [3.05, 3.63) is 66.0 Å². The predicted octanol–water partition coefficient (Wildman–Crippen LogP) is 1.98. The van der Waals surface area contributed by atoms with Crippen LogP contribution in [0.3, 0.4) is 0 Å². The number of carbonyl (C=O) groups is 3. The molecule has 1 aromatic heterocycles. The number of rotatable bonds is 7. The predicted molar refractivity (Wildman–Crippen MR) is 101 cm³/mol. The number of aromatic nitrogens is 1. The molecular weight excluding hydrogens is 342 g/mol. The highest BCUT2D eigenvalue weighted by atomic mass is 16.2. The van der Waals surface area contributed by atoms with Crippen molar-refractivity contribution >= 4 is 17.5 Å². The number of hydrogen-bond donors (Lipinski definition) is 0. The van der Waals surface area contributed by atoms with Crippen LogP contribution in [0.5, 0.6) is 0 Å². The fraction of sp³-hybridized carbons (Fsp3) is 0.333. The van der Waals surface area contributed by atoms with E-state index in [1.807, 2.05) is 25.1 Å². The quantitative estimate of drug-likeness (QED) is 0.426. The van der Waals surface area contributed by atoms with Crippen molar-refractivity contribution in [3.63, 3.8) is 0 Å². The highest BCUT2D eigenvalue weighted by molar-refractivity contribution is 6.44. The molecule has 3 rings (SSSR count). The normalized spacial score (nSPS) is 19.7. The van der Waals surface area contributed by atoms with Gasteiger partial charge in [0.05, 0.1) is 11.7 Å². The van der Waals surface area contributed by atoms with E-state index in [1.54, 1.807) is 48.7 Å². The van der Waals surface area contributed by atoms with Crippen LogP contribution in [0.15, 0.2) is 54.7 Å². The highest BCUT2D eigenvalue weighted by Gasteiger charge is 2.51. The zero-order valence-corrected chi connectivity index (χ0v) is 15.5. The Labute approximate surface area is 158 Å². The maximum atomic E-state index is 13.1. The van der Waals surface area contributed by atoms with Gasteiger partial charge < -0.3 is 9.80 Å². The van der Waals surface area contributed by atoms with Gasteiger partial charge in [0.1, 0.15) is 5.92 Å². The molecule has 0 bridgehead atoms. The molecule has 6 heteroatoms. The zero-order valence-electron chi connectivity index (χ0n) is 15.5. The second-order valence-electron chi connectivity index (χ2n) is 6.93. The number of amides is 1. The topological polar surface area (TPSA) is 70.6 Å². The van der Waals surface area contributed by atoms with Gasteiger partial charge in [0.15, 0.2) is 5.78 Å². The average Bonchev–Trinajstić information content (AvgIpc) is 2.93. The summed E-state index contributed by atoms with van der Waals surface area (Å²) in [5.41, 5.74) is 0.996. The molecule has 1 amide bonds. The van der Waals surface area contributed by atoms with E-state index in [2.05, 4.69) is 4.98 Å². The van der Waals surface area contributed by atoms with E-state index in [0.29, 0.717) is 24.2 Å². The summed E-state index contributed by atoms with van der Waals surface area (Å²) >= 11 is 0. The summed E-state index contributed by atoms with van der Waals surface area (Å²) < 4.78 is 0. The third-order valence-electron chi connectivity index (χ3n) is 4.74. The standard InChI is InChI=1S/C21H23N3O3/c1-23(2)13-8-14-24-18(16-11-6-7-12-22-16)17(20(26)21(24)27)19(25)15-9-4-3-5-10-15/h3-7,9-12,17-18H,8,13-14H2,1-2H3. The van der Waals surface area contributed by atoms with E-state index in [1.165, 1.54) is 4.90 Å². The third-order valence-corrected chi connectivity index (χ3v) is 4.74. The first-order chi connectivity index (χ1) is 13.0. The SMILES string of the molecule is CN(C)CCCN1C(=O)C(=O)C(C(=O)c2ccccc2)C1c1ccccn1. The van der Waals surface area contributed by atoms with E-state index >= 15 is 0 Å². The van der Waals surface area contributed by atoms with Crippen LogP contribution in [0.4, 0.5) is 0 Å². The summed E-state index contributed by atoms with van der Waals surface area (Å²) in [5.74, 6) is -2.64. The molecule has 1 saturated heterocycles. The fourth-order valence-corrected chi connectivity index (χ4v) is 3.45. The van der Waals surface area contributed by atoms with Crippen LogP contribution in [-0.4, -0.2) is 59.4 Å². The molecule has 1 fully saturated rings. The molecule has 1 aliphatic rings. The van der Waals surface area contributed by atoms with Gasteiger partial charge in [-0.2, -0.15) is 0 Å². The van der Waals surface area contributed by atoms with Crippen molar-refractivity contribution in [3.8, 4) is 0 Å². The Hall–Kier alpha value is -2.86. The van der Waals surface area contributed by atoms with Gasteiger partial charge in [-0.15, -0.1) is 0 Å². The van der Waals surface area contributed by atoms with E-state index in [0.717, 1.165) is 6.54 Å². The Morgan fingerprint density at radius 2 is 1.78 bits per heavy atom. The number of nitrogens with zero attached hydrogens (tertiary/aromatic N) is 3. The van der Waals surface area contributed by atoms with Crippen molar-refractivity contribution in [2.45, 2.75) is 12.5 Å². The van der Waals surface area contributed by atoms with Crippen LogP contribution in [0, 0.1) is 5.92 Å². The maximum absolute atomic E-state index is 13.1. The number of benzene rings is 1. The Morgan fingerprint density at radius 1 is 1.07 bits per heavy atom. The van der Waals surface area contributed by atoms with Crippen molar-refractivity contribution in [1.82, 2.24) is 14.8 Å². The van der Waals surface area contributed by atoms with Crippen molar-refractivity contribution in [2.24, 2.45) is 5.92 Å². The molecule has 1 aromatic carbocycles. The Morgan fingerprint density at radius 3 is 2.41 bits per heavy atom. The number of ketones is 2. The van der Waals surface area contributed by atoms with Gasteiger partial charge in [-0.3, -0.25) is 19.4 Å². The summed E-state index contributed by atoms with van der Waals surface area (Å²) in [5, 5.41) is 0. The van der Waals surface area contributed by atoms with E-state index in [4.69, 9.17) is 0 Å². The second kappa shape index (κ2) is 8.22. The van der Waals surface area contributed by atoms with Crippen molar-refractivity contribution in [1.29, 1.82) is 0 Å². The van der Waals surface area contributed by atoms with Crippen LogP contribution < -0.4 is 0 Å². The molecule has 2 atom stereocenters. The molecule has 0 saturated carbocycles. The molecule has 0 N–H and O–H groups in total. The number of likely N-dealkylation sites (tertiary alicyclic amines) is 1. The summed E-state index contributed by atoms with van der Waals surface area (Å²) in [6, 6.07) is 13.3. The van der Waals surface area contributed by atoms with Crippen molar-refractivity contribution in [2.75, 3.05) is 27.2 Å². The summed E-state index contributed by atoms with van der Waals surface area (Å²) in [7, 11) is 3.91. The third kappa shape index (κ3) is 3.95. The van der Waals surface area contributed by atoms with Crippen LogP contribution in [0.1, 0.15) is 28.5 Å². The first kappa shape index (κ1) is 18.9. The minimum Gasteiger partial charge on any atom is -0.326 e. The van der Waals surface area contributed by atoms with E-state index < -0.39 is 23.7 Å². The molecule has 2 unspecified atom stereocenters. The van der Waals surface area contributed by atoms with Gasteiger partial charge in [0.25, 0.3) is 5.91 Å². The number of pyridine rings is 1. The summed E-state index contributed by atoms with van der Waals surface area (Å²) in [6.07, 6.45) is 2.33. The largest absolute Gasteiger partial charge is 0.326 e. The second-order valence-corrected chi connectivity index (χ2v) is 6.93. The van der Waals surface area contributed by atoms with Gasteiger partial charge in [-0.1, -0.05) is 36.4 Å². The summed E-state index contributed by atoms with van der Waals surface area (Å²) in [6.45, 7) is 1.19. The number of hydrogen-bond acceptors (Lipinski definition) is 5. The fourth-order valence-electron chi connectivity index (χ4n) is 3.45. The van der Waals surface area contributed by atoms with Crippen LogP contribution in [-0.2, 0) is 9.59 Å². The van der Waals surface area contributed by atoms with E-state index in [-0.39, 0.29) is 5.78 Å². The Balaban J connectivity index is 1.96. The molecule has 0 aliphatic carbocycles. The smallest absolute Gasteiger partial charge is 0.291 e. The van der Waals surface area contributed by atoms with Crippen LogP contribution in [0.25, 0.3) is 0 Å². The van der Waals surface area contributed by atoms with Gasteiger partial charge in [-0.05, 0) is 39.2 Å². The minimum absolute atomic E-state index is 0.334. The van der Waals surface area contributed by atoms with E-state index in [9.17, 15) is 14.4 Å². The highest BCUT2D eigenvalue weighted by Crippen LogP contribution is 2.37.